The first-order valence-electron chi connectivity index (χ1n) is 8.13. The first-order valence-corrected chi connectivity index (χ1v) is 9.57. The zero-order chi connectivity index (χ0) is 19.6. The molecule has 0 saturated carbocycles. The van der Waals surface area contributed by atoms with Gasteiger partial charge in [-0.3, -0.25) is 9.98 Å². The van der Waals surface area contributed by atoms with Crippen molar-refractivity contribution in [3.05, 3.63) is 59.7 Å². The van der Waals surface area contributed by atoms with E-state index >= 15 is 0 Å². The number of methoxy groups -OCH3 is 1. The molecule has 3 rings (SSSR count). The van der Waals surface area contributed by atoms with Gasteiger partial charge in [-0.2, -0.15) is 8.42 Å². The zero-order valence-corrected chi connectivity index (χ0v) is 15.9. The molecule has 0 saturated heterocycles. The van der Waals surface area contributed by atoms with Gasteiger partial charge in [0.05, 0.1) is 12.8 Å². The predicted octanol–water partition coefficient (Wildman–Crippen LogP) is 4.82. The fraction of sp³-hybridized carbons (Fsp3) is 0.158. The Kier molecular flexibility index (Phi) is 5.11. The molecule has 0 amide bonds. The molecule has 0 aliphatic rings. The average molecular weight is 385 g/mol. The molecule has 0 aliphatic carbocycles. The number of rotatable bonds is 5. The highest BCUT2D eigenvalue weighted by Crippen LogP contribution is 2.36. The summed E-state index contributed by atoms with van der Waals surface area (Å²) in [6.45, 7) is 3.14. The van der Waals surface area contributed by atoms with Crippen LogP contribution < -0.4 is 10.2 Å². The van der Waals surface area contributed by atoms with Gasteiger partial charge in [0.25, 0.3) is 10.1 Å². The van der Waals surface area contributed by atoms with E-state index in [0.717, 1.165) is 10.8 Å². The standard InChI is InChI=1S/C19H19N3O4S/c1-12-11-17(18(26-3)13(2)19(12)27(23,24)25)21-22-20-16-10-6-8-14-7-4-5-9-15(14)16/h4-11H,1-3H3,(H,20,21)(H,23,24,25). The third kappa shape index (κ3) is 3.76. The van der Waals surface area contributed by atoms with Crippen molar-refractivity contribution >= 4 is 32.3 Å². The lowest BCUT2D eigenvalue weighted by Crippen LogP contribution is -2.07. The number of nitrogens with zero attached hydrogens (tertiary/aromatic N) is 2. The molecular formula is C19H19N3O4S. The molecule has 0 aliphatic heterocycles. The van der Waals surface area contributed by atoms with Crippen LogP contribution in [-0.4, -0.2) is 20.1 Å². The van der Waals surface area contributed by atoms with Gasteiger partial charge in [0.2, 0.25) is 0 Å². The molecule has 3 aromatic carbocycles. The minimum absolute atomic E-state index is 0.170. The number of benzene rings is 3. The van der Waals surface area contributed by atoms with Gasteiger partial charge in [-0.15, -0.1) is 5.11 Å². The summed E-state index contributed by atoms with van der Waals surface area (Å²) in [5, 5.41) is 10.3. The van der Waals surface area contributed by atoms with E-state index in [0.29, 0.717) is 22.5 Å². The molecule has 2 N–H and O–H groups in total. The Labute approximate surface area is 157 Å². The van der Waals surface area contributed by atoms with Crippen molar-refractivity contribution in [1.82, 2.24) is 0 Å². The molecule has 8 heteroatoms. The fourth-order valence-corrected chi connectivity index (χ4v) is 4.07. The minimum atomic E-state index is -4.36. The third-order valence-electron chi connectivity index (χ3n) is 4.20. The van der Waals surface area contributed by atoms with E-state index in [1.807, 2.05) is 42.5 Å². The van der Waals surface area contributed by atoms with Crippen molar-refractivity contribution in [2.75, 3.05) is 12.5 Å². The number of ether oxygens (including phenoxy) is 1. The maximum absolute atomic E-state index is 11.6. The van der Waals surface area contributed by atoms with E-state index in [1.54, 1.807) is 13.8 Å². The monoisotopic (exact) mass is 385 g/mol. The molecule has 0 fully saturated rings. The Morgan fingerprint density at radius 2 is 1.78 bits per heavy atom. The predicted molar refractivity (Wildman–Crippen MR) is 104 cm³/mol. The fourth-order valence-electron chi connectivity index (χ4n) is 3.12. The second kappa shape index (κ2) is 7.34. The Balaban J connectivity index is 1.97. The van der Waals surface area contributed by atoms with Crippen LogP contribution in [0.4, 0.5) is 11.4 Å². The normalized spacial score (nSPS) is 11.9. The van der Waals surface area contributed by atoms with Crippen LogP contribution in [0.15, 0.2) is 63.8 Å². The van der Waals surface area contributed by atoms with E-state index in [2.05, 4.69) is 15.8 Å². The van der Waals surface area contributed by atoms with Crippen LogP contribution in [0.2, 0.25) is 0 Å². The Hall–Kier alpha value is -2.97. The topological polar surface area (TPSA) is 100 Å². The highest BCUT2D eigenvalue weighted by molar-refractivity contribution is 7.86. The van der Waals surface area contributed by atoms with E-state index in [-0.39, 0.29) is 10.6 Å². The second-order valence-electron chi connectivity index (χ2n) is 6.01. The van der Waals surface area contributed by atoms with Crippen LogP contribution in [0.1, 0.15) is 11.1 Å². The molecular weight excluding hydrogens is 366 g/mol. The molecule has 140 valence electrons. The Morgan fingerprint density at radius 1 is 1.07 bits per heavy atom. The van der Waals surface area contributed by atoms with Crippen LogP contribution >= 0.6 is 0 Å². The van der Waals surface area contributed by atoms with Gasteiger partial charge in [-0.05, 0) is 36.9 Å². The van der Waals surface area contributed by atoms with Crippen molar-refractivity contribution in [3.8, 4) is 5.75 Å². The Bertz CT molecular complexity index is 1140. The molecule has 0 unspecified atom stereocenters. The lowest BCUT2D eigenvalue weighted by Gasteiger charge is -2.15. The molecule has 0 aromatic heterocycles. The summed E-state index contributed by atoms with van der Waals surface area (Å²) in [6, 6.07) is 15.1. The quantitative estimate of drug-likeness (QED) is 0.372. The van der Waals surface area contributed by atoms with Gasteiger partial charge in [0.15, 0.2) is 0 Å². The molecule has 27 heavy (non-hydrogen) atoms. The molecule has 3 aromatic rings. The number of hydrogen-bond donors (Lipinski definition) is 2. The van der Waals surface area contributed by atoms with Crippen LogP contribution in [0.5, 0.6) is 5.75 Å². The van der Waals surface area contributed by atoms with Crippen molar-refractivity contribution in [2.24, 2.45) is 10.3 Å². The highest BCUT2D eigenvalue weighted by Gasteiger charge is 2.22. The summed E-state index contributed by atoms with van der Waals surface area (Å²) < 4.78 is 38.0. The van der Waals surface area contributed by atoms with E-state index < -0.39 is 10.1 Å². The smallest absolute Gasteiger partial charge is 0.295 e. The van der Waals surface area contributed by atoms with E-state index in [4.69, 9.17) is 4.74 Å². The SMILES string of the molecule is COc1c(NN=Nc2cccc3ccccc23)cc(C)c(S(=O)(=O)O)c1C. The minimum Gasteiger partial charge on any atom is -0.494 e. The van der Waals surface area contributed by atoms with Crippen LogP contribution in [-0.2, 0) is 10.1 Å². The van der Waals surface area contributed by atoms with E-state index in [1.165, 1.54) is 13.2 Å². The molecule has 0 atom stereocenters. The van der Waals surface area contributed by atoms with Crippen molar-refractivity contribution in [3.63, 3.8) is 0 Å². The summed E-state index contributed by atoms with van der Waals surface area (Å²) in [4.78, 5) is -0.170. The van der Waals surface area contributed by atoms with E-state index in [9.17, 15) is 13.0 Å². The molecule has 0 bridgehead atoms. The molecule has 0 radical (unpaired) electrons. The van der Waals surface area contributed by atoms with Crippen LogP contribution in [0.25, 0.3) is 10.8 Å². The van der Waals surface area contributed by atoms with Crippen molar-refractivity contribution in [1.29, 1.82) is 0 Å². The zero-order valence-electron chi connectivity index (χ0n) is 15.1. The maximum Gasteiger partial charge on any atom is 0.295 e. The molecule has 7 nitrogen and oxygen atoms in total. The van der Waals surface area contributed by atoms with Crippen LogP contribution in [0, 0.1) is 13.8 Å². The summed E-state index contributed by atoms with van der Waals surface area (Å²) in [6.07, 6.45) is 0. The second-order valence-corrected chi connectivity index (χ2v) is 7.37. The number of aryl methyl sites for hydroxylation is 1. The van der Waals surface area contributed by atoms with Gasteiger partial charge >= 0.3 is 0 Å². The highest BCUT2D eigenvalue weighted by atomic mass is 32.2. The van der Waals surface area contributed by atoms with Gasteiger partial charge in [0, 0.05) is 10.9 Å². The van der Waals surface area contributed by atoms with Gasteiger partial charge in [-0.1, -0.05) is 41.6 Å². The average Bonchev–Trinajstić information content (AvgIpc) is 2.60. The largest absolute Gasteiger partial charge is 0.494 e. The van der Waals surface area contributed by atoms with Gasteiger partial charge < -0.3 is 4.74 Å². The summed E-state index contributed by atoms with van der Waals surface area (Å²) in [5.41, 5.74) is 4.61. The van der Waals surface area contributed by atoms with Crippen LogP contribution in [0.3, 0.4) is 0 Å². The van der Waals surface area contributed by atoms with Gasteiger partial charge in [0.1, 0.15) is 16.3 Å². The summed E-state index contributed by atoms with van der Waals surface area (Å²) >= 11 is 0. The number of nitrogens with one attached hydrogen (secondary N) is 1. The lowest BCUT2D eigenvalue weighted by atomic mass is 10.1. The first kappa shape index (κ1) is 18.8. The third-order valence-corrected chi connectivity index (χ3v) is 5.35. The molecule has 0 spiro atoms. The summed E-state index contributed by atoms with van der Waals surface area (Å²) in [7, 11) is -2.95. The number of anilines is 1. The Morgan fingerprint density at radius 3 is 2.48 bits per heavy atom. The lowest BCUT2D eigenvalue weighted by molar-refractivity contribution is 0.410. The van der Waals surface area contributed by atoms with Crippen molar-refractivity contribution in [2.45, 2.75) is 18.7 Å². The number of fused-ring (bicyclic) bond motifs is 1. The summed E-state index contributed by atoms with van der Waals surface area (Å²) in [5.74, 6) is 0.269. The maximum atomic E-state index is 11.6. The molecule has 0 heterocycles. The van der Waals surface area contributed by atoms with Crippen molar-refractivity contribution < 1.29 is 17.7 Å². The van der Waals surface area contributed by atoms with Gasteiger partial charge in [-0.25, -0.2) is 0 Å². The first-order chi connectivity index (χ1) is 12.8. The number of hydrogen-bond acceptors (Lipinski definition) is 5.